The van der Waals surface area contributed by atoms with Gasteiger partial charge in [0.05, 0.1) is 12.6 Å². The molecule has 1 aromatic rings. The first-order valence-corrected chi connectivity index (χ1v) is 4.78. The fraction of sp³-hybridized carbons (Fsp3) is 0.667. The quantitative estimate of drug-likeness (QED) is 0.791. The van der Waals surface area contributed by atoms with Gasteiger partial charge in [0, 0.05) is 0 Å². The number of nitrogens with zero attached hydrogens (tertiary/aromatic N) is 2. The second-order valence-corrected chi connectivity index (χ2v) is 4.46. The highest BCUT2D eigenvalue weighted by atomic mass is 35.5. The Bertz CT molecular complexity index is 358. The van der Waals surface area contributed by atoms with Gasteiger partial charge in [-0.2, -0.15) is 5.10 Å². The maximum atomic E-state index is 12.7. The van der Waals surface area contributed by atoms with Crippen LogP contribution in [0.3, 0.4) is 0 Å². The summed E-state index contributed by atoms with van der Waals surface area (Å²) in [5.74, 6) is 0.0162. The molecule has 0 unspecified atom stereocenters. The maximum absolute atomic E-state index is 12.7. The number of hydrogen-bond acceptors (Lipinski definition) is 2. The second kappa shape index (κ2) is 3.96. The van der Waals surface area contributed by atoms with E-state index in [1.807, 2.05) is 20.8 Å². The molecule has 0 saturated heterocycles. The molecule has 0 spiro atoms. The largest absolute Gasteiger partial charge is 0.481 e. The van der Waals surface area contributed by atoms with Crippen molar-refractivity contribution < 1.29 is 13.5 Å². The summed E-state index contributed by atoms with van der Waals surface area (Å²) in [6.07, 6.45) is -2.69. The Morgan fingerprint density at radius 1 is 1.40 bits per heavy atom. The van der Waals surface area contributed by atoms with Gasteiger partial charge in [0.2, 0.25) is 5.88 Å². The molecule has 0 aliphatic rings. The molecule has 0 atom stereocenters. The molecule has 15 heavy (non-hydrogen) atoms. The van der Waals surface area contributed by atoms with E-state index < -0.39 is 12.0 Å². The summed E-state index contributed by atoms with van der Waals surface area (Å²) >= 11 is 5.64. The molecular weight excluding hydrogens is 226 g/mol. The van der Waals surface area contributed by atoms with Gasteiger partial charge in [0.1, 0.15) is 5.56 Å². The molecule has 0 radical (unpaired) electrons. The number of ether oxygens (including phenoxy) is 1. The minimum Gasteiger partial charge on any atom is -0.481 e. The maximum Gasteiger partial charge on any atom is 0.272 e. The van der Waals surface area contributed by atoms with Crippen LogP contribution in [0.2, 0.25) is 5.15 Å². The van der Waals surface area contributed by atoms with E-state index in [4.69, 9.17) is 16.3 Å². The Morgan fingerprint density at radius 3 is 2.27 bits per heavy atom. The smallest absolute Gasteiger partial charge is 0.272 e. The molecule has 0 bridgehead atoms. The predicted octanol–water partition coefficient (Wildman–Crippen LogP) is 3.24. The van der Waals surface area contributed by atoms with Crippen LogP contribution in [0.5, 0.6) is 5.88 Å². The van der Waals surface area contributed by atoms with Crippen LogP contribution in [-0.4, -0.2) is 16.9 Å². The normalized spacial score (nSPS) is 12.3. The summed E-state index contributed by atoms with van der Waals surface area (Å²) in [5.41, 5.74) is -0.809. The molecule has 1 heterocycles. The van der Waals surface area contributed by atoms with Crippen molar-refractivity contribution in [2.75, 3.05) is 7.11 Å². The molecule has 0 amide bonds. The first kappa shape index (κ1) is 12.2. The molecule has 3 nitrogen and oxygen atoms in total. The molecule has 1 rings (SSSR count). The van der Waals surface area contributed by atoms with E-state index >= 15 is 0 Å². The number of hydrogen-bond donors (Lipinski definition) is 0. The molecule has 0 aliphatic carbocycles. The number of aromatic nitrogens is 2. The third-order valence-electron chi connectivity index (χ3n) is 1.88. The van der Waals surface area contributed by atoms with Crippen molar-refractivity contribution in [2.45, 2.75) is 32.7 Å². The minimum atomic E-state index is -2.69. The van der Waals surface area contributed by atoms with E-state index in [1.54, 1.807) is 0 Å². The Labute approximate surface area is 92.0 Å². The summed E-state index contributed by atoms with van der Waals surface area (Å²) < 4.78 is 31.6. The summed E-state index contributed by atoms with van der Waals surface area (Å²) in [6, 6.07) is 0. The zero-order chi connectivity index (χ0) is 11.8. The summed E-state index contributed by atoms with van der Waals surface area (Å²) in [6.45, 7) is 5.48. The van der Waals surface area contributed by atoms with Crippen molar-refractivity contribution >= 4 is 11.6 Å². The van der Waals surface area contributed by atoms with Crippen LogP contribution in [0, 0.1) is 0 Å². The van der Waals surface area contributed by atoms with Gasteiger partial charge in [0.15, 0.2) is 5.15 Å². The van der Waals surface area contributed by atoms with Crippen LogP contribution in [0.1, 0.15) is 32.8 Å². The minimum absolute atomic E-state index is 0.0162. The number of halogens is 3. The lowest BCUT2D eigenvalue weighted by atomic mass is 10.1. The first-order chi connectivity index (χ1) is 6.79. The van der Waals surface area contributed by atoms with E-state index in [-0.39, 0.29) is 16.6 Å². The average molecular weight is 239 g/mol. The zero-order valence-electron chi connectivity index (χ0n) is 9.01. The molecule has 0 saturated carbocycles. The van der Waals surface area contributed by atoms with Crippen LogP contribution in [0.4, 0.5) is 8.78 Å². The van der Waals surface area contributed by atoms with E-state index in [0.29, 0.717) is 0 Å². The monoisotopic (exact) mass is 238 g/mol. The number of methoxy groups -OCH3 is 1. The van der Waals surface area contributed by atoms with Crippen LogP contribution >= 0.6 is 11.6 Å². The lowest BCUT2D eigenvalue weighted by molar-refractivity contribution is 0.145. The summed E-state index contributed by atoms with van der Waals surface area (Å²) in [4.78, 5) is 0. The fourth-order valence-corrected chi connectivity index (χ4v) is 1.46. The van der Waals surface area contributed by atoms with Gasteiger partial charge in [-0.3, -0.25) is 0 Å². The standard InChI is InChI=1S/C9H13ClF2N2O/c1-9(2,3)14-8(15-4)5(7(11)12)6(10)13-14/h7H,1-4H3. The van der Waals surface area contributed by atoms with Crippen LogP contribution in [-0.2, 0) is 5.54 Å². The van der Waals surface area contributed by atoms with Gasteiger partial charge in [-0.1, -0.05) is 11.6 Å². The lowest BCUT2D eigenvalue weighted by Gasteiger charge is -2.21. The third-order valence-corrected chi connectivity index (χ3v) is 2.16. The van der Waals surface area contributed by atoms with Crippen molar-refractivity contribution in [3.05, 3.63) is 10.7 Å². The molecule has 0 aliphatic heterocycles. The third kappa shape index (κ3) is 2.22. The topological polar surface area (TPSA) is 27.1 Å². The zero-order valence-corrected chi connectivity index (χ0v) is 9.77. The van der Waals surface area contributed by atoms with Crippen LogP contribution in [0.15, 0.2) is 0 Å². The fourth-order valence-electron chi connectivity index (χ4n) is 1.22. The van der Waals surface area contributed by atoms with Gasteiger partial charge >= 0.3 is 0 Å². The SMILES string of the molecule is COc1c(C(F)F)c(Cl)nn1C(C)(C)C. The van der Waals surface area contributed by atoms with Gasteiger partial charge < -0.3 is 4.74 Å². The van der Waals surface area contributed by atoms with Crippen molar-refractivity contribution in [3.8, 4) is 5.88 Å². The first-order valence-electron chi connectivity index (χ1n) is 4.40. The Morgan fingerprint density at radius 2 is 1.93 bits per heavy atom. The van der Waals surface area contributed by atoms with Gasteiger partial charge in [-0.15, -0.1) is 0 Å². The molecule has 1 aromatic heterocycles. The Kier molecular flexibility index (Phi) is 3.23. The summed E-state index contributed by atoms with van der Waals surface area (Å²) in [7, 11) is 1.32. The van der Waals surface area contributed by atoms with Gasteiger partial charge in [-0.25, -0.2) is 13.5 Å². The van der Waals surface area contributed by atoms with E-state index in [0.717, 1.165) is 0 Å². The highest BCUT2D eigenvalue weighted by Gasteiger charge is 2.29. The van der Waals surface area contributed by atoms with Crippen LogP contribution < -0.4 is 4.74 Å². The van der Waals surface area contributed by atoms with E-state index in [2.05, 4.69) is 5.10 Å². The summed E-state index contributed by atoms with van der Waals surface area (Å²) in [5, 5.41) is 3.64. The molecule has 6 heteroatoms. The lowest BCUT2D eigenvalue weighted by Crippen LogP contribution is -2.23. The molecule has 0 fully saturated rings. The second-order valence-electron chi connectivity index (χ2n) is 4.10. The van der Waals surface area contributed by atoms with E-state index in [9.17, 15) is 8.78 Å². The van der Waals surface area contributed by atoms with Crippen molar-refractivity contribution in [2.24, 2.45) is 0 Å². The van der Waals surface area contributed by atoms with Crippen molar-refractivity contribution in [1.82, 2.24) is 9.78 Å². The van der Waals surface area contributed by atoms with Crippen molar-refractivity contribution in [3.63, 3.8) is 0 Å². The Balaban J connectivity index is 3.38. The predicted molar refractivity (Wildman–Crippen MR) is 53.7 cm³/mol. The highest BCUT2D eigenvalue weighted by Crippen LogP contribution is 2.37. The Hall–Kier alpha value is -0.840. The molecular formula is C9H13ClF2N2O. The molecule has 0 N–H and O–H groups in total. The molecule has 0 aromatic carbocycles. The van der Waals surface area contributed by atoms with Crippen LogP contribution in [0.25, 0.3) is 0 Å². The van der Waals surface area contributed by atoms with Gasteiger partial charge in [-0.05, 0) is 20.8 Å². The van der Waals surface area contributed by atoms with E-state index in [1.165, 1.54) is 11.8 Å². The average Bonchev–Trinajstić information content (AvgIpc) is 2.41. The molecule has 86 valence electrons. The van der Waals surface area contributed by atoms with Gasteiger partial charge in [0.25, 0.3) is 6.43 Å². The number of alkyl halides is 2. The highest BCUT2D eigenvalue weighted by molar-refractivity contribution is 6.30. The van der Waals surface area contributed by atoms with Crippen molar-refractivity contribution in [1.29, 1.82) is 0 Å². The number of rotatable bonds is 2.